The molecule has 9 heteroatoms. The van der Waals surface area contributed by atoms with Gasteiger partial charge in [0.05, 0.1) is 5.56 Å². The number of carbonyl (C=O) groups excluding carboxylic acids is 1. The molecule has 0 radical (unpaired) electrons. The molecule has 0 saturated heterocycles. The van der Waals surface area contributed by atoms with Crippen LogP contribution in [0.2, 0.25) is 5.02 Å². The van der Waals surface area contributed by atoms with Crippen molar-refractivity contribution < 1.29 is 22.7 Å². The minimum absolute atomic E-state index is 0.0341. The summed E-state index contributed by atoms with van der Waals surface area (Å²) in [5.74, 6) is 5.58. The highest BCUT2D eigenvalue weighted by Gasteiger charge is 2.18. The molecule has 0 saturated carbocycles. The second-order valence-electron chi connectivity index (χ2n) is 7.46. The third-order valence-corrected chi connectivity index (χ3v) is 5.56. The van der Waals surface area contributed by atoms with Crippen molar-refractivity contribution in [2.45, 2.75) is 31.3 Å². The van der Waals surface area contributed by atoms with Crippen molar-refractivity contribution in [3.8, 4) is 17.6 Å². The van der Waals surface area contributed by atoms with Gasteiger partial charge in [0.1, 0.15) is 16.2 Å². The van der Waals surface area contributed by atoms with Crippen LogP contribution in [0.1, 0.15) is 31.9 Å². The number of nitrogens with zero attached hydrogens (tertiary/aromatic N) is 2. The normalized spacial score (nSPS) is 11.6. The highest BCUT2D eigenvalue weighted by atomic mass is 35.5. The van der Waals surface area contributed by atoms with E-state index in [1.165, 1.54) is 32.6 Å². The molecular formula is C21H23ClN2O5S. The molecule has 1 aromatic heterocycles. The van der Waals surface area contributed by atoms with Crippen molar-refractivity contribution >= 4 is 27.6 Å². The molecule has 1 heterocycles. The Hall–Kier alpha value is -2.60. The minimum atomic E-state index is -3.62. The second kappa shape index (κ2) is 9.47. The van der Waals surface area contributed by atoms with Gasteiger partial charge in [0.2, 0.25) is 10.0 Å². The third kappa shape index (κ3) is 6.73. The lowest BCUT2D eigenvalue weighted by atomic mass is 10.2. The van der Waals surface area contributed by atoms with Crippen LogP contribution < -0.4 is 4.74 Å². The Kier molecular flexibility index (Phi) is 7.48. The number of rotatable bonds is 5. The van der Waals surface area contributed by atoms with Gasteiger partial charge in [0, 0.05) is 37.1 Å². The van der Waals surface area contributed by atoms with Crippen molar-refractivity contribution in [1.29, 1.82) is 0 Å². The topological polar surface area (TPSA) is 85.8 Å². The lowest BCUT2D eigenvalue weighted by Gasteiger charge is -2.19. The number of hydrogen-bond donors (Lipinski definition) is 0. The van der Waals surface area contributed by atoms with Crippen molar-refractivity contribution in [2.24, 2.45) is 0 Å². The molecule has 160 valence electrons. The number of pyridine rings is 1. The number of benzene rings is 1. The van der Waals surface area contributed by atoms with Crippen LogP contribution in [-0.2, 0) is 19.6 Å². The predicted octanol–water partition coefficient (Wildman–Crippen LogP) is 3.11. The first kappa shape index (κ1) is 23.7. The molecule has 0 N–H and O–H groups in total. The molecule has 0 amide bonds. The zero-order valence-electron chi connectivity index (χ0n) is 17.4. The van der Waals surface area contributed by atoms with Crippen LogP contribution in [0.25, 0.3) is 0 Å². The fourth-order valence-corrected chi connectivity index (χ4v) is 3.28. The summed E-state index contributed by atoms with van der Waals surface area (Å²) in [6.45, 7) is 5.01. The van der Waals surface area contributed by atoms with Crippen molar-refractivity contribution in [1.82, 2.24) is 9.29 Å². The van der Waals surface area contributed by atoms with Gasteiger partial charge in [-0.15, -0.1) is 0 Å². The van der Waals surface area contributed by atoms with Gasteiger partial charge in [-0.3, -0.25) is 4.98 Å². The van der Waals surface area contributed by atoms with Gasteiger partial charge in [0.25, 0.3) is 0 Å². The van der Waals surface area contributed by atoms with Gasteiger partial charge >= 0.3 is 5.97 Å². The zero-order valence-corrected chi connectivity index (χ0v) is 19.0. The van der Waals surface area contributed by atoms with Crippen LogP contribution in [0.4, 0.5) is 0 Å². The Labute approximate surface area is 182 Å². The van der Waals surface area contributed by atoms with Crippen molar-refractivity contribution in [2.75, 3.05) is 20.7 Å². The predicted molar refractivity (Wildman–Crippen MR) is 114 cm³/mol. The fourth-order valence-electron chi connectivity index (χ4n) is 2.21. The van der Waals surface area contributed by atoms with E-state index in [1.54, 1.807) is 39.0 Å². The highest BCUT2D eigenvalue weighted by molar-refractivity contribution is 7.89. The summed E-state index contributed by atoms with van der Waals surface area (Å²) in [5.41, 5.74) is 0.219. The van der Waals surface area contributed by atoms with E-state index in [4.69, 9.17) is 21.1 Å². The van der Waals surface area contributed by atoms with Gasteiger partial charge in [0.15, 0.2) is 6.61 Å². The largest absolute Gasteiger partial charge is 0.481 e. The van der Waals surface area contributed by atoms with E-state index in [1.807, 2.05) is 0 Å². The number of halogens is 1. The maximum atomic E-state index is 12.3. The van der Waals surface area contributed by atoms with Crippen molar-refractivity contribution in [3.63, 3.8) is 0 Å². The first-order valence-electron chi connectivity index (χ1n) is 8.92. The fraction of sp³-hybridized carbons (Fsp3) is 0.333. The molecule has 0 unspecified atom stereocenters. The minimum Gasteiger partial charge on any atom is -0.481 e. The van der Waals surface area contributed by atoms with Crippen molar-refractivity contribution in [3.05, 3.63) is 52.8 Å². The SMILES string of the molecule is CN(C)S(=O)(=O)c1cncc(C#Cc2cc(Cl)ccc2OCC(=O)OC(C)(C)C)c1. The van der Waals surface area contributed by atoms with Crippen LogP contribution in [0.3, 0.4) is 0 Å². The maximum Gasteiger partial charge on any atom is 0.344 e. The van der Waals surface area contributed by atoms with Crippen LogP contribution >= 0.6 is 11.6 Å². The number of esters is 1. The molecule has 7 nitrogen and oxygen atoms in total. The maximum absolute atomic E-state index is 12.3. The van der Waals surface area contributed by atoms with E-state index < -0.39 is 21.6 Å². The molecular weight excluding hydrogens is 428 g/mol. The summed E-state index contributed by atoms with van der Waals surface area (Å²) in [7, 11) is -0.748. The Morgan fingerprint density at radius 1 is 1.17 bits per heavy atom. The molecule has 0 spiro atoms. The first-order valence-corrected chi connectivity index (χ1v) is 10.7. The lowest BCUT2D eigenvalue weighted by molar-refractivity contribution is -0.157. The van der Waals surface area contributed by atoms with Gasteiger partial charge in [-0.1, -0.05) is 23.4 Å². The van der Waals surface area contributed by atoms with Crippen LogP contribution in [-0.4, -0.2) is 50.0 Å². The van der Waals surface area contributed by atoms with Gasteiger partial charge in [-0.05, 0) is 45.0 Å². The molecule has 0 aliphatic rings. The van der Waals surface area contributed by atoms with E-state index in [0.717, 1.165) is 4.31 Å². The summed E-state index contributed by atoms with van der Waals surface area (Å²) < 4.78 is 36.4. The van der Waals surface area contributed by atoms with E-state index in [9.17, 15) is 13.2 Å². The number of carbonyl (C=O) groups is 1. The van der Waals surface area contributed by atoms with E-state index >= 15 is 0 Å². The summed E-state index contributed by atoms with van der Waals surface area (Å²) in [6.07, 6.45) is 2.71. The number of aromatic nitrogens is 1. The Bertz CT molecular complexity index is 1100. The van der Waals surface area contributed by atoms with E-state index in [0.29, 0.717) is 21.9 Å². The number of sulfonamides is 1. The Morgan fingerprint density at radius 2 is 1.87 bits per heavy atom. The molecule has 2 aromatic rings. The third-order valence-electron chi connectivity index (χ3n) is 3.54. The number of ether oxygens (including phenoxy) is 2. The molecule has 0 atom stereocenters. The van der Waals surface area contributed by atoms with E-state index in [-0.39, 0.29) is 11.5 Å². The van der Waals surface area contributed by atoms with E-state index in [2.05, 4.69) is 16.8 Å². The van der Waals surface area contributed by atoms with Crippen LogP contribution in [0.5, 0.6) is 5.75 Å². The molecule has 0 aliphatic carbocycles. The standard InChI is InChI=1S/C21H23ClN2O5S/c1-21(2,3)29-20(25)14-28-19-9-8-17(22)11-16(19)7-6-15-10-18(13-23-12-15)30(26,27)24(4)5/h8-13H,14H2,1-5H3. The average molecular weight is 451 g/mol. The van der Waals surface area contributed by atoms with Crippen LogP contribution in [0, 0.1) is 11.8 Å². The van der Waals surface area contributed by atoms with Gasteiger partial charge < -0.3 is 9.47 Å². The Balaban J connectivity index is 2.28. The quantitative estimate of drug-likeness (QED) is 0.514. The number of hydrogen-bond acceptors (Lipinski definition) is 6. The molecule has 1 aromatic carbocycles. The molecule has 2 rings (SSSR count). The van der Waals surface area contributed by atoms with Gasteiger partial charge in [-0.25, -0.2) is 17.5 Å². The molecule has 30 heavy (non-hydrogen) atoms. The highest BCUT2D eigenvalue weighted by Crippen LogP contribution is 2.23. The monoisotopic (exact) mass is 450 g/mol. The molecule has 0 bridgehead atoms. The van der Waals surface area contributed by atoms with Gasteiger partial charge in [-0.2, -0.15) is 0 Å². The Morgan fingerprint density at radius 3 is 2.50 bits per heavy atom. The summed E-state index contributed by atoms with van der Waals surface area (Å²) in [4.78, 5) is 15.9. The molecule has 0 fully saturated rings. The zero-order chi connectivity index (χ0) is 22.5. The summed E-state index contributed by atoms with van der Waals surface area (Å²) >= 11 is 6.06. The van der Waals surface area contributed by atoms with Crippen LogP contribution in [0.15, 0.2) is 41.6 Å². The summed E-state index contributed by atoms with van der Waals surface area (Å²) in [5, 5.41) is 0.436. The molecule has 0 aliphatic heterocycles. The first-order chi connectivity index (χ1) is 13.9. The average Bonchev–Trinajstić information content (AvgIpc) is 2.64. The summed E-state index contributed by atoms with van der Waals surface area (Å²) in [6, 6.07) is 6.23. The lowest BCUT2D eigenvalue weighted by Crippen LogP contribution is -2.27. The second-order valence-corrected chi connectivity index (χ2v) is 10.1. The smallest absolute Gasteiger partial charge is 0.344 e.